The van der Waals surface area contributed by atoms with Crippen LogP contribution in [0.25, 0.3) is 10.9 Å². The van der Waals surface area contributed by atoms with Gasteiger partial charge < -0.3 is 40.4 Å². The molecule has 1 saturated heterocycles. The molecule has 9 nitrogen and oxygen atoms in total. The smallest absolute Gasteiger partial charge is 0.406 e. The number of anilines is 2. The summed E-state index contributed by atoms with van der Waals surface area (Å²) in [5.41, 5.74) is 1.82. The van der Waals surface area contributed by atoms with E-state index in [1.165, 1.54) is 19.2 Å². The number of aromatic nitrogens is 1. The number of rotatable bonds is 10. The average molecular weight is 606 g/mol. The fourth-order valence-electron chi connectivity index (χ4n) is 4.91. The van der Waals surface area contributed by atoms with E-state index in [2.05, 4.69) is 27.8 Å². The summed E-state index contributed by atoms with van der Waals surface area (Å²) >= 11 is 0. The molecule has 0 saturated carbocycles. The first-order valence-electron chi connectivity index (χ1n) is 13.7. The lowest BCUT2D eigenvalue weighted by atomic mass is 10.0. The predicted octanol–water partition coefficient (Wildman–Crippen LogP) is 3.21. The number of halogens is 4. The van der Waals surface area contributed by atoms with Gasteiger partial charge in [-0.05, 0) is 55.8 Å². The lowest BCUT2D eigenvalue weighted by Crippen LogP contribution is -2.46. The molecule has 43 heavy (non-hydrogen) atoms. The molecule has 4 rings (SSSR count). The summed E-state index contributed by atoms with van der Waals surface area (Å²) in [6, 6.07) is 10.7. The molecular formula is C30H35F4N5O4. The van der Waals surface area contributed by atoms with E-state index < -0.39 is 43.6 Å². The molecule has 0 radical (unpaired) electrons. The molecular weight excluding hydrogens is 570 g/mol. The van der Waals surface area contributed by atoms with Crippen LogP contribution in [0.2, 0.25) is 0 Å². The Morgan fingerprint density at radius 2 is 2.00 bits per heavy atom. The molecule has 3 atom stereocenters. The van der Waals surface area contributed by atoms with Crippen LogP contribution in [0.15, 0.2) is 42.5 Å². The molecule has 1 fully saturated rings. The Morgan fingerprint density at radius 1 is 1.21 bits per heavy atom. The van der Waals surface area contributed by atoms with E-state index in [4.69, 9.17) is 9.84 Å². The van der Waals surface area contributed by atoms with Gasteiger partial charge in [-0.2, -0.15) is 13.2 Å². The summed E-state index contributed by atoms with van der Waals surface area (Å²) in [4.78, 5) is 14.2. The maximum absolute atomic E-state index is 14.7. The van der Waals surface area contributed by atoms with Gasteiger partial charge in [0.1, 0.15) is 18.5 Å². The zero-order valence-electron chi connectivity index (χ0n) is 23.8. The van der Waals surface area contributed by atoms with E-state index in [1.54, 1.807) is 30.3 Å². The van der Waals surface area contributed by atoms with Gasteiger partial charge in [0.2, 0.25) is 0 Å². The summed E-state index contributed by atoms with van der Waals surface area (Å²) < 4.78 is 61.8. The molecule has 0 spiro atoms. The van der Waals surface area contributed by atoms with Crippen molar-refractivity contribution in [3.63, 3.8) is 0 Å². The molecule has 1 amide bonds. The Morgan fingerprint density at radius 3 is 2.70 bits per heavy atom. The van der Waals surface area contributed by atoms with E-state index in [1.807, 2.05) is 11.9 Å². The second-order valence-corrected chi connectivity index (χ2v) is 10.4. The van der Waals surface area contributed by atoms with Crippen LogP contribution in [0.3, 0.4) is 0 Å². The molecule has 2 heterocycles. The molecule has 232 valence electrons. The number of carbonyl (C=O) groups is 1. The first-order valence-corrected chi connectivity index (χ1v) is 13.7. The summed E-state index contributed by atoms with van der Waals surface area (Å²) in [6.45, 7) is -0.790. The first-order chi connectivity index (χ1) is 20.5. The van der Waals surface area contributed by atoms with Crippen molar-refractivity contribution in [2.75, 3.05) is 57.6 Å². The zero-order chi connectivity index (χ0) is 31.1. The molecule has 13 heteroatoms. The number of amides is 1. The number of piperidine rings is 1. The maximum atomic E-state index is 14.7. The van der Waals surface area contributed by atoms with Crippen LogP contribution in [0, 0.1) is 11.8 Å². The maximum Gasteiger partial charge on any atom is 0.406 e. The van der Waals surface area contributed by atoms with Gasteiger partial charge >= 0.3 is 6.18 Å². The van der Waals surface area contributed by atoms with E-state index in [0.717, 1.165) is 4.57 Å². The van der Waals surface area contributed by atoms with Gasteiger partial charge in [-0.3, -0.25) is 4.79 Å². The van der Waals surface area contributed by atoms with Crippen molar-refractivity contribution < 1.29 is 37.3 Å². The molecule has 1 unspecified atom stereocenters. The number of fused-ring (bicyclic) bond motifs is 1. The zero-order valence-corrected chi connectivity index (χ0v) is 23.8. The Balaban J connectivity index is 1.53. The van der Waals surface area contributed by atoms with Crippen LogP contribution >= 0.6 is 0 Å². The summed E-state index contributed by atoms with van der Waals surface area (Å²) in [6.07, 6.45) is -6.11. The SMILES string of the molecule is COc1cc(C(=O)NCC(O)CO)ccc1NCC#Cc1cc2c(N[C@@H]3CCN(C)C[C@@H]3F)cccc2n1CC(F)(F)F. The normalized spacial score (nSPS) is 18.0. The molecule has 1 aliphatic rings. The lowest BCUT2D eigenvalue weighted by Gasteiger charge is -2.33. The molecule has 1 aromatic heterocycles. The number of methoxy groups -OCH3 is 1. The Labute approximate surface area is 246 Å². The third kappa shape index (κ3) is 8.31. The number of likely N-dealkylation sites (tertiary alicyclic amines) is 1. The van der Waals surface area contributed by atoms with Crippen LogP contribution in [0.4, 0.5) is 28.9 Å². The molecule has 5 N–H and O–H groups in total. The van der Waals surface area contributed by atoms with Crippen LogP contribution in [0.1, 0.15) is 22.5 Å². The Kier molecular flexibility index (Phi) is 10.4. The quantitative estimate of drug-likeness (QED) is 0.178. The summed E-state index contributed by atoms with van der Waals surface area (Å²) in [5, 5.41) is 27.6. The molecule has 3 aromatic rings. The van der Waals surface area contributed by atoms with Crippen molar-refractivity contribution in [2.45, 2.75) is 37.5 Å². The van der Waals surface area contributed by atoms with Gasteiger partial charge in [0.05, 0.1) is 49.3 Å². The van der Waals surface area contributed by atoms with Crippen LogP contribution < -0.4 is 20.7 Å². The summed E-state index contributed by atoms with van der Waals surface area (Å²) in [7, 11) is 3.26. The van der Waals surface area contributed by atoms with Crippen molar-refractivity contribution in [1.82, 2.24) is 14.8 Å². The van der Waals surface area contributed by atoms with E-state index in [0.29, 0.717) is 41.0 Å². The van der Waals surface area contributed by atoms with Gasteiger partial charge in [0.25, 0.3) is 5.91 Å². The molecule has 2 aromatic carbocycles. The number of benzene rings is 2. The number of hydrogen-bond donors (Lipinski definition) is 5. The summed E-state index contributed by atoms with van der Waals surface area (Å²) in [5.74, 6) is 5.55. The monoisotopic (exact) mass is 605 g/mol. The Hall–Kier alpha value is -3.99. The first kappa shape index (κ1) is 31.9. The highest BCUT2D eigenvalue weighted by Crippen LogP contribution is 2.32. The minimum atomic E-state index is -4.49. The van der Waals surface area contributed by atoms with Crippen LogP contribution in [-0.2, 0) is 6.54 Å². The molecule has 0 bridgehead atoms. The van der Waals surface area contributed by atoms with Crippen LogP contribution in [-0.4, -0.2) is 97.0 Å². The Bertz CT molecular complexity index is 1480. The number of nitrogens with zero attached hydrogens (tertiary/aromatic N) is 2. The van der Waals surface area contributed by atoms with Gasteiger partial charge in [-0.15, -0.1) is 0 Å². The van der Waals surface area contributed by atoms with Gasteiger partial charge in [-0.1, -0.05) is 12.0 Å². The standard InChI is InChI=1S/C30H35F4N5O4/c1-38-12-10-25(23(31)16-38)37-24-6-3-7-27-22(24)14-20(39(27)18-30(32,33)34)5-4-11-35-26-9-8-19(13-28(26)43-2)29(42)36-15-21(41)17-40/h3,6-9,13-14,21,23,25,35,37,40-41H,10-12,15-18H2,1-2H3,(H,36,42)/t21?,23-,25+/m0/s1. The number of hydrogen-bond acceptors (Lipinski definition) is 7. The lowest BCUT2D eigenvalue weighted by molar-refractivity contribution is -0.140. The number of alkyl halides is 4. The van der Waals surface area contributed by atoms with Gasteiger partial charge in [0.15, 0.2) is 0 Å². The third-order valence-electron chi connectivity index (χ3n) is 7.12. The van der Waals surface area contributed by atoms with Gasteiger partial charge in [0, 0.05) is 36.3 Å². The molecule has 0 aliphatic carbocycles. The highest BCUT2D eigenvalue weighted by Gasteiger charge is 2.31. The average Bonchev–Trinajstić information content (AvgIpc) is 3.31. The largest absolute Gasteiger partial charge is 0.495 e. The number of aliphatic hydroxyl groups excluding tert-OH is 2. The van der Waals surface area contributed by atoms with Crippen molar-refractivity contribution >= 4 is 28.2 Å². The van der Waals surface area contributed by atoms with Crippen molar-refractivity contribution in [1.29, 1.82) is 0 Å². The van der Waals surface area contributed by atoms with Crippen LogP contribution in [0.5, 0.6) is 5.75 Å². The number of carbonyl (C=O) groups excluding carboxylic acids is 1. The fourth-order valence-corrected chi connectivity index (χ4v) is 4.91. The number of aliphatic hydroxyl groups is 2. The minimum absolute atomic E-state index is 0.0579. The molecule has 1 aliphatic heterocycles. The minimum Gasteiger partial charge on any atom is -0.495 e. The number of ether oxygens (including phenoxy) is 1. The van der Waals surface area contributed by atoms with E-state index in [9.17, 15) is 27.5 Å². The fraction of sp³-hybridized carbons (Fsp3) is 0.433. The number of nitrogens with one attached hydrogen (secondary N) is 3. The van der Waals surface area contributed by atoms with Crippen molar-refractivity contribution in [3.8, 4) is 17.6 Å². The van der Waals surface area contributed by atoms with E-state index in [-0.39, 0.29) is 30.9 Å². The van der Waals surface area contributed by atoms with Crippen molar-refractivity contribution in [2.24, 2.45) is 0 Å². The second kappa shape index (κ2) is 14.0. The van der Waals surface area contributed by atoms with Crippen molar-refractivity contribution in [3.05, 3.63) is 53.7 Å². The predicted molar refractivity (Wildman–Crippen MR) is 156 cm³/mol. The highest BCUT2D eigenvalue weighted by atomic mass is 19.4. The third-order valence-corrected chi connectivity index (χ3v) is 7.12. The topological polar surface area (TPSA) is 111 Å². The second-order valence-electron chi connectivity index (χ2n) is 10.4. The van der Waals surface area contributed by atoms with E-state index >= 15 is 0 Å². The van der Waals surface area contributed by atoms with Gasteiger partial charge in [-0.25, -0.2) is 4.39 Å². The highest BCUT2D eigenvalue weighted by molar-refractivity contribution is 5.95.